The molecule has 0 aliphatic carbocycles. The molecule has 0 saturated carbocycles. The second kappa shape index (κ2) is 15.6. The van der Waals surface area contributed by atoms with E-state index in [1.165, 1.54) is 0 Å². The Hall–Kier alpha value is 4.64. The van der Waals surface area contributed by atoms with Gasteiger partial charge in [0.1, 0.15) is 0 Å². The molecule has 0 unspecified atom stereocenters. The second-order valence-electron chi connectivity index (χ2n) is 0. The van der Waals surface area contributed by atoms with Crippen molar-refractivity contribution in [1.29, 1.82) is 0 Å². The van der Waals surface area contributed by atoms with E-state index in [4.69, 9.17) is 0 Å². The van der Waals surface area contributed by atoms with Crippen LogP contribution in [0.4, 0.5) is 0 Å². The second-order valence-corrected chi connectivity index (χ2v) is 0. The summed E-state index contributed by atoms with van der Waals surface area (Å²) in [4.78, 5) is 0. The van der Waals surface area contributed by atoms with Gasteiger partial charge in [0.25, 0.3) is 0 Å². The van der Waals surface area contributed by atoms with Gasteiger partial charge in [0.2, 0.25) is 0 Å². The van der Waals surface area contributed by atoms with Gasteiger partial charge in [-0.15, -0.1) is 0 Å². The Bertz CT molecular complexity index is 3.25. The molecule has 0 N–H and O–H groups in total. The Morgan fingerprint density at radius 2 is 0.500 bits per heavy atom. The predicted molar refractivity (Wildman–Crippen MR) is 28.6 cm³/mol. The minimum atomic E-state index is 0. The maximum atomic E-state index is 0. The van der Waals surface area contributed by atoms with Crippen LogP contribution in [0.15, 0.2) is 0 Å². The summed E-state index contributed by atoms with van der Waals surface area (Å²) in [6.07, 6.45) is 0. The van der Waals surface area contributed by atoms with Gasteiger partial charge < -0.3 is 0 Å². The molecule has 0 rings (SSSR count). The summed E-state index contributed by atoms with van der Waals surface area (Å²) in [6.45, 7) is 0. The van der Waals surface area contributed by atoms with Gasteiger partial charge in [0, 0.05) is 0 Å². The van der Waals surface area contributed by atoms with Gasteiger partial charge in [-0.3, -0.25) is 0 Å². The molecular weight excluding hydrogens is 108 g/mol. The third-order valence-corrected chi connectivity index (χ3v) is 0. The quantitative estimate of drug-likeness (QED) is 0.302. The summed E-state index contributed by atoms with van der Waals surface area (Å²) < 4.78 is 0. The van der Waals surface area contributed by atoms with Crippen LogP contribution in [0.3, 0.4) is 0 Å². The van der Waals surface area contributed by atoms with Gasteiger partial charge in [-0.2, -0.15) is 0 Å². The first kappa shape index (κ1) is 23.4. The van der Waals surface area contributed by atoms with Gasteiger partial charge in [0.15, 0.2) is 0 Å². The van der Waals surface area contributed by atoms with Gasteiger partial charge >= 0.3 is 140 Å². The van der Waals surface area contributed by atoms with E-state index >= 15 is 0 Å². The van der Waals surface area contributed by atoms with E-state index in [2.05, 4.69) is 0 Å². The van der Waals surface area contributed by atoms with Gasteiger partial charge in [-0.25, -0.2) is 0 Å². The number of rotatable bonds is 0. The summed E-state index contributed by atoms with van der Waals surface area (Å²) >= 11 is 0. The molecule has 4 heavy (non-hydrogen) atoms. The molecule has 8 valence electrons. The molecule has 0 spiro atoms. The van der Waals surface area contributed by atoms with Crippen LogP contribution in [0, 0.1) is 0 Å². The van der Waals surface area contributed by atoms with Gasteiger partial charge in [0.05, 0.1) is 0 Å². The van der Waals surface area contributed by atoms with Crippen molar-refractivity contribution in [3.05, 3.63) is 0 Å². The third kappa shape index (κ3) is 9.81. The van der Waals surface area contributed by atoms with Crippen LogP contribution < -0.4 is 0 Å². The molecule has 0 aromatic heterocycles. The van der Waals surface area contributed by atoms with E-state index in [1.807, 2.05) is 0 Å². The molecule has 0 heterocycles. The summed E-state index contributed by atoms with van der Waals surface area (Å²) in [6, 6.07) is 0. The van der Waals surface area contributed by atoms with E-state index in [9.17, 15) is 0 Å². The zero-order valence-electron chi connectivity index (χ0n) is 0. The molecule has 0 bridgehead atoms. The van der Waals surface area contributed by atoms with Crippen molar-refractivity contribution in [1.82, 2.24) is 0 Å². The van der Waals surface area contributed by atoms with E-state index in [0.29, 0.717) is 0 Å². The molecule has 0 aromatic carbocycles. The average molecular weight is 112 g/mol. The van der Waals surface area contributed by atoms with E-state index in [0.717, 1.165) is 0 Å². The Kier molecular flexibility index (Phi) is 91.6. The molecule has 0 amide bonds. The topological polar surface area (TPSA) is 0 Å². The molecule has 0 aromatic rings. The zero-order valence-corrected chi connectivity index (χ0v) is 0. The van der Waals surface area contributed by atoms with E-state index < -0.39 is 0 Å². The fourth-order valence-electron chi connectivity index (χ4n) is 0. The zero-order chi connectivity index (χ0) is 0. The standard InChI is InChI=1S/K.3Na.4H. The summed E-state index contributed by atoms with van der Waals surface area (Å²) in [7, 11) is 0. The minimum absolute atomic E-state index is 0. The van der Waals surface area contributed by atoms with Crippen molar-refractivity contribution in [3.8, 4) is 0 Å². The van der Waals surface area contributed by atoms with Crippen LogP contribution in [-0.2, 0) is 0 Å². The van der Waals surface area contributed by atoms with Gasteiger partial charge in [-0.05, 0) is 0 Å². The molecule has 0 aliphatic heterocycles. The first-order chi connectivity index (χ1) is 0. The van der Waals surface area contributed by atoms with Crippen molar-refractivity contribution in [2.24, 2.45) is 0 Å². The SMILES string of the molecule is [KH].[NaH].[NaH].[NaH]. The maximum absolute atomic E-state index is 0. The van der Waals surface area contributed by atoms with E-state index in [-0.39, 0.29) is 140 Å². The van der Waals surface area contributed by atoms with Gasteiger partial charge in [-0.1, -0.05) is 0 Å². The Balaban J connectivity index is 0. The van der Waals surface area contributed by atoms with Crippen molar-refractivity contribution >= 4 is 140 Å². The summed E-state index contributed by atoms with van der Waals surface area (Å²) in [5, 5.41) is 0. The molecule has 0 nitrogen and oxygen atoms in total. The average Bonchev–Trinajstić information content (AvgIpc) is 0. The number of hydrogen-bond acceptors (Lipinski definition) is 0. The molecule has 0 atom stereocenters. The molecule has 4 heteroatoms. The normalized spacial score (nSPS) is 0. The molecule has 0 fully saturated rings. The Morgan fingerprint density at radius 1 is 0.500 bits per heavy atom. The van der Waals surface area contributed by atoms with Crippen LogP contribution in [0.1, 0.15) is 0 Å². The predicted octanol–water partition coefficient (Wildman–Crippen LogP) is -2.59. The Labute approximate surface area is 136 Å². The molecule has 0 saturated heterocycles. The van der Waals surface area contributed by atoms with E-state index in [1.54, 1.807) is 0 Å². The first-order valence-electron chi connectivity index (χ1n) is 0. The van der Waals surface area contributed by atoms with Crippen molar-refractivity contribution < 1.29 is 0 Å². The summed E-state index contributed by atoms with van der Waals surface area (Å²) in [5.41, 5.74) is 0. The summed E-state index contributed by atoms with van der Waals surface area (Å²) in [5.74, 6) is 0. The van der Waals surface area contributed by atoms with Crippen LogP contribution in [0.25, 0.3) is 0 Å². The van der Waals surface area contributed by atoms with Crippen molar-refractivity contribution in [2.75, 3.05) is 0 Å². The van der Waals surface area contributed by atoms with Crippen LogP contribution in [0.2, 0.25) is 0 Å². The first-order valence-corrected chi connectivity index (χ1v) is 0. The van der Waals surface area contributed by atoms with Crippen LogP contribution in [0.5, 0.6) is 0 Å². The monoisotopic (exact) mass is 112 g/mol. The molecule has 0 radical (unpaired) electrons. The van der Waals surface area contributed by atoms with Crippen LogP contribution >= 0.6 is 0 Å². The fourth-order valence-corrected chi connectivity index (χ4v) is 0. The van der Waals surface area contributed by atoms with Crippen molar-refractivity contribution in [2.45, 2.75) is 0 Å². The Morgan fingerprint density at radius 3 is 0.500 bits per heavy atom. The molecule has 0 aliphatic rings. The van der Waals surface area contributed by atoms with Crippen LogP contribution in [-0.4, -0.2) is 140 Å². The number of hydrogen-bond donors (Lipinski definition) is 0. The van der Waals surface area contributed by atoms with Crippen molar-refractivity contribution in [3.63, 3.8) is 0 Å². The fraction of sp³-hybridized carbons (Fsp3) is 0. The third-order valence-electron chi connectivity index (χ3n) is 0. The molecular formula is H4KNa3.